The first-order valence-corrected chi connectivity index (χ1v) is 8.98. The fourth-order valence-electron chi connectivity index (χ4n) is 3.28. The molecule has 5 heteroatoms. The van der Waals surface area contributed by atoms with Crippen molar-refractivity contribution in [3.63, 3.8) is 0 Å². The molecule has 3 rings (SSSR count). The molecule has 1 saturated heterocycles. The van der Waals surface area contributed by atoms with Crippen LogP contribution in [0.2, 0.25) is 0 Å². The monoisotopic (exact) mass is 374 g/mol. The van der Waals surface area contributed by atoms with Gasteiger partial charge in [0.15, 0.2) is 6.61 Å². The Balaban J connectivity index is 0.00000243. The third kappa shape index (κ3) is 6.04. The number of piperidine rings is 1. The number of benzene rings is 2. The Kier molecular flexibility index (Phi) is 7.95. The summed E-state index contributed by atoms with van der Waals surface area (Å²) in [6.45, 7) is 3.16. The lowest BCUT2D eigenvalue weighted by atomic mass is 10.0. The summed E-state index contributed by atoms with van der Waals surface area (Å²) in [7, 11) is 0. The van der Waals surface area contributed by atoms with E-state index in [1.165, 1.54) is 5.56 Å². The molecule has 1 amide bonds. The molecule has 0 aromatic heterocycles. The highest BCUT2D eigenvalue weighted by molar-refractivity contribution is 5.85. The van der Waals surface area contributed by atoms with E-state index in [0.717, 1.165) is 37.1 Å². The molecule has 2 aromatic rings. The van der Waals surface area contributed by atoms with Gasteiger partial charge in [-0.3, -0.25) is 4.79 Å². The van der Waals surface area contributed by atoms with Crippen LogP contribution in [0.4, 0.5) is 0 Å². The van der Waals surface area contributed by atoms with Gasteiger partial charge < -0.3 is 15.4 Å². The van der Waals surface area contributed by atoms with Crippen molar-refractivity contribution in [2.45, 2.75) is 38.3 Å². The van der Waals surface area contributed by atoms with Crippen LogP contribution in [0.25, 0.3) is 0 Å². The van der Waals surface area contributed by atoms with Crippen LogP contribution in [-0.2, 0) is 11.2 Å². The predicted octanol–water partition coefficient (Wildman–Crippen LogP) is 3.33. The number of nitrogens with one attached hydrogen (secondary N) is 2. The van der Waals surface area contributed by atoms with Gasteiger partial charge in [-0.05, 0) is 43.5 Å². The zero-order valence-corrected chi connectivity index (χ0v) is 15.9. The molecule has 0 bridgehead atoms. The van der Waals surface area contributed by atoms with Crippen LogP contribution in [0, 0.1) is 0 Å². The Morgan fingerprint density at radius 3 is 2.65 bits per heavy atom. The molecule has 2 aromatic carbocycles. The molecular formula is C21H27ClN2O2. The van der Waals surface area contributed by atoms with E-state index >= 15 is 0 Å². The van der Waals surface area contributed by atoms with Gasteiger partial charge in [0.05, 0.1) is 0 Å². The lowest BCUT2D eigenvalue weighted by Crippen LogP contribution is -2.47. The summed E-state index contributed by atoms with van der Waals surface area (Å²) in [4.78, 5) is 12.2. The normalized spacial score (nSPS) is 19.3. The van der Waals surface area contributed by atoms with Crippen molar-refractivity contribution >= 4 is 18.3 Å². The summed E-state index contributed by atoms with van der Waals surface area (Å²) in [6, 6.07) is 18.9. The topological polar surface area (TPSA) is 50.4 Å². The number of para-hydroxylation sites is 1. The van der Waals surface area contributed by atoms with Gasteiger partial charge in [0.1, 0.15) is 5.75 Å². The van der Waals surface area contributed by atoms with Crippen LogP contribution in [0.1, 0.15) is 30.9 Å². The van der Waals surface area contributed by atoms with Crippen molar-refractivity contribution in [3.05, 3.63) is 65.7 Å². The van der Waals surface area contributed by atoms with Crippen LogP contribution in [-0.4, -0.2) is 31.1 Å². The minimum Gasteiger partial charge on any atom is -0.483 e. The van der Waals surface area contributed by atoms with Crippen LogP contribution < -0.4 is 15.4 Å². The van der Waals surface area contributed by atoms with E-state index in [1.54, 1.807) is 0 Å². The van der Waals surface area contributed by atoms with E-state index in [-0.39, 0.29) is 31.0 Å². The molecule has 26 heavy (non-hydrogen) atoms. The molecule has 2 atom stereocenters. The number of carbonyl (C=O) groups excluding carboxylic acids is 1. The maximum Gasteiger partial charge on any atom is 0.258 e. The van der Waals surface area contributed by atoms with Gasteiger partial charge in [-0.2, -0.15) is 0 Å². The first-order valence-electron chi connectivity index (χ1n) is 8.98. The Labute approximate surface area is 161 Å². The first kappa shape index (κ1) is 20.3. The highest BCUT2D eigenvalue weighted by Gasteiger charge is 2.20. The number of rotatable bonds is 6. The van der Waals surface area contributed by atoms with Crippen LogP contribution in [0.15, 0.2) is 54.6 Å². The highest BCUT2D eigenvalue weighted by Crippen LogP contribution is 2.21. The number of amides is 1. The van der Waals surface area contributed by atoms with Crippen molar-refractivity contribution in [2.75, 3.05) is 13.2 Å². The van der Waals surface area contributed by atoms with Crippen LogP contribution in [0.5, 0.6) is 5.75 Å². The first-order chi connectivity index (χ1) is 12.2. The zero-order valence-electron chi connectivity index (χ0n) is 15.1. The summed E-state index contributed by atoms with van der Waals surface area (Å²) in [5.74, 6) is 0.730. The summed E-state index contributed by atoms with van der Waals surface area (Å²) in [5.41, 5.74) is 2.32. The number of carbonyl (C=O) groups is 1. The molecule has 0 spiro atoms. The van der Waals surface area contributed by atoms with Gasteiger partial charge >= 0.3 is 0 Å². The summed E-state index contributed by atoms with van der Waals surface area (Å²) in [5, 5.41) is 6.48. The molecule has 0 aliphatic carbocycles. The number of hydrogen-bond acceptors (Lipinski definition) is 3. The molecule has 1 heterocycles. The van der Waals surface area contributed by atoms with Crippen molar-refractivity contribution < 1.29 is 9.53 Å². The maximum absolute atomic E-state index is 12.2. The maximum atomic E-state index is 12.2. The number of hydrogen-bond donors (Lipinski definition) is 2. The van der Waals surface area contributed by atoms with E-state index in [4.69, 9.17) is 4.74 Å². The molecule has 1 aliphatic rings. The second-order valence-electron chi connectivity index (χ2n) is 6.70. The van der Waals surface area contributed by atoms with Crippen molar-refractivity contribution in [1.29, 1.82) is 0 Å². The van der Waals surface area contributed by atoms with E-state index < -0.39 is 0 Å². The van der Waals surface area contributed by atoms with E-state index in [0.29, 0.717) is 6.04 Å². The Hall–Kier alpha value is -2.04. The fourth-order valence-corrected chi connectivity index (χ4v) is 3.28. The van der Waals surface area contributed by atoms with E-state index in [9.17, 15) is 4.79 Å². The number of ether oxygens (including phenoxy) is 1. The van der Waals surface area contributed by atoms with Gasteiger partial charge in [-0.1, -0.05) is 48.5 Å². The lowest BCUT2D eigenvalue weighted by molar-refractivity contribution is -0.124. The Bertz CT molecular complexity index is 693. The van der Waals surface area contributed by atoms with Crippen LogP contribution in [0.3, 0.4) is 0 Å². The third-order valence-corrected chi connectivity index (χ3v) is 4.56. The third-order valence-electron chi connectivity index (χ3n) is 4.56. The Morgan fingerprint density at radius 1 is 1.15 bits per heavy atom. The highest BCUT2D eigenvalue weighted by atomic mass is 35.5. The number of halogens is 1. The van der Waals surface area contributed by atoms with Crippen molar-refractivity contribution in [3.8, 4) is 5.75 Å². The van der Waals surface area contributed by atoms with Gasteiger partial charge in [-0.25, -0.2) is 0 Å². The largest absolute Gasteiger partial charge is 0.483 e. The van der Waals surface area contributed by atoms with Crippen LogP contribution >= 0.6 is 12.4 Å². The van der Waals surface area contributed by atoms with E-state index in [2.05, 4.69) is 35.8 Å². The second kappa shape index (κ2) is 10.2. The van der Waals surface area contributed by atoms with Crippen molar-refractivity contribution in [1.82, 2.24) is 10.6 Å². The van der Waals surface area contributed by atoms with Crippen molar-refractivity contribution in [2.24, 2.45) is 0 Å². The second-order valence-corrected chi connectivity index (χ2v) is 6.70. The molecule has 140 valence electrons. The van der Waals surface area contributed by atoms with Gasteiger partial charge in [0.25, 0.3) is 5.91 Å². The van der Waals surface area contributed by atoms with Gasteiger partial charge in [0.2, 0.25) is 0 Å². The smallest absolute Gasteiger partial charge is 0.258 e. The molecule has 1 aliphatic heterocycles. The minimum absolute atomic E-state index is 0. The molecule has 0 radical (unpaired) electrons. The molecule has 2 unspecified atom stereocenters. The molecular weight excluding hydrogens is 348 g/mol. The summed E-state index contributed by atoms with van der Waals surface area (Å²) in [6.07, 6.45) is 2.74. The average Bonchev–Trinajstić information content (AvgIpc) is 2.62. The molecule has 2 N–H and O–H groups in total. The minimum atomic E-state index is -0.0476. The zero-order chi connectivity index (χ0) is 17.5. The fraction of sp³-hybridized carbons (Fsp3) is 0.381. The van der Waals surface area contributed by atoms with E-state index in [1.807, 2.05) is 36.4 Å². The lowest BCUT2D eigenvalue weighted by Gasteiger charge is -2.28. The molecule has 0 saturated carbocycles. The SMILES string of the molecule is CC1CC(NC(=O)COc2ccccc2Cc2ccccc2)CCN1.Cl. The quantitative estimate of drug-likeness (QED) is 0.815. The Morgan fingerprint density at radius 2 is 1.88 bits per heavy atom. The molecule has 4 nitrogen and oxygen atoms in total. The molecule has 1 fully saturated rings. The summed E-state index contributed by atoms with van der Waals surface area (Å²) < 4.78 is 5.81. The van der Waals surface area contributed by atoms with Gasteiger partial charge in [-0.15, -0.1) is 12.4 Å². The predicted molar refractivity (Wildman–Crippen MR) is 107 cm³/mol. The standard InChI is InChI=1S/C21H26N2O2.ClH/c1-16-13-19(11-12-22-16)23-21(24)15-25-20-10-6-5-9-18(20)14-17-7-3-2-4-8-17;/h2-10,16,19,22H,11-15H2,1H3,(H,23,24);1H. The summed E-state index contributed by atoms with van der Waals surface area (Å²) >= 11 is 0. The average molecular weight is 375 g/mol. The van der Waals surface area contributed by atoms with Gasteiger partial charge in [0, 0.05) is 18.5 Å².